The minimum absolute atomic E-state index is 0.195. The fourth-order valence-corrected chi connectivity index (χ4v) is 3.82. The highest BCUT2D eigenvalue weighted by molar-refractivity contribution is 5.23. The summed E-state index contributed by atoms with van der Waals surface area (Å²) in [7, 11) is 0. The molecule has 2 fully saturated rings. The van der Waals surface area contributed by atoms with E-state index >= 15 is 0 Å². The zero-order valence-corrected chi connectivity index (χ0v) is 12.0. The van der Waals surface area contributed by atoms with Gasteiger partial charge >= 0.3 is 0 Å². The Balaban J connectivity index is 1.48. The second-order valence-electron chi connectivity index (χ2n) is 6.52. The van der Waals surface area contributed by atoms with Crippen LogP contribution in [0.25, 0.3) is 0 Å². The quantitative estimate of drug-likeness (QED) is 0.899. The average Bonchev–Trinajstić information content (AvgIpc) is 2.97. The number of hydrogen-bond donors (Lipinski definition) is 1. The lowest BCUT2D eigenvalue weighted by Gasteiger charge is -2.19. The predicted molar refractivity (Wildman–Crippen MR) is 80.0 cm³/mol. The van der Waals surface area contributed by atoms with Gasteiger partial charge < -0.3 is 10.6 Å². The number of rotatable bonds is 4. The van der Waals surface area contributed by atoms with Gasteiger partial charge in [0.15, 0.2) is 0 Å². The summed E-state index contributed by atoms with van der Waals surface area (Å²) in [6.45, 7) is 5.94. The molecule has 0 amide bonds. The Morgan fingerprint density at radius 1 is 1.16 bits per heavy atom. The Morgan fingerprint density at radius 3 is 2.42 bits per heavy atom. The molecule has 0 radical (unpaired) electrons. The maximum absolute atomic E-state index is 6.31. The maximum Gasteiger partial charge on any atom is 0.0307 e. The molecule has 2 heteroatoms. The molecule has 0 bridgehead atoms. The van der Waals surface area contributed by atoms with Crippen molar-refractivity contribution in [3.63, 3.8) is 0 Å². The lowest BCUT2D eigenvalue weighted by atomic mass is 10.0. The molecule has 3 unspecified atom stereocenters. The summed E-state index contributed by atoms with van der Waals surface area (Å²) >= 11 is 0. The van der Waals surface area contributed by atoms with Crippen molar-refractivity contribution in [2.75, 3.05) is 19.6 Å². The first-order valence-corrected chi connectivity index (χ1v) is 7.77. The van der Waals surface area contributed by atoms with E-state index in [1.807, 2.05) is 0 Å². The van der Waals surface area contributed by atoms with Gasteiger partial charge in [-0.3, -0.25) is 0 Å². The predicted octanol–water partition coefficient (Wildman–Crippen LogP) is 3.12. The summed E-state index contributed by atoms with van der Waals surface area (Å²) in [5.41, 5.74) is 8.90. The van der Waals surface area contributed by atoms with E-state index in [1.54, 1.807) is 0 Å². The van der Waals surface area contributed by atoms with Crippen LogP contribution in [0.1, 0.15) is 42.9 Å². The van der Waals surface area contributed by atoms with Crippen LogP contribution in [0.3, 0.4) is 0 Å². The second-order valence-corrected chi connectivity index (χ2v) is 6.52. The SMILES string of the molecule is Cc1ccc(C(N)CCN2CC3CCCC3C2)cc1. The van der Waals surface area contributed by atoms with Crippen molar-refractivity contribution in [1.29, 1.82) is 0 Å². The van der Waals surface area contributed by atoms with Crippen molar-refractivity contribution < 1.29 is 0 Å². The van der Waals surface area contributed by atoms with Gasteiger partial charge in [0.25, 0.3) is 0 Å². The Morgan fingerprint density at radius 2 is 1.79 bits per heavy atom. The number of benzene rings is 1. The van der Waals surface area contributed by atoms with Crippen LogP contribution in [0, 0.1) is 18.8 Å². The van der Waals surface area contributed by atoms with Gasteiger partial charge in [0.2, 0.25) is 0 Å². The van der Waals surface area contributed by atoms with Gasteiger partial charge in [-0.1, -0.05) is 36.2 Å². The molecule has 1 saturated carbocycles. The number of fused-ring (bicyclic) bond motifs is 1. The molecule has 3 rings (SSSR count). The largest absolute Gasteiger partial charge is 0.324 e. The topological polar surface area (TPSA) is 29.3 Å². The first kappa shape index (κ1) is 13.1. The van der Waals surface area contributed by atoms with Crippen LogP contribution in [-0.4, -0.2) is 24.5 Å². The standard InChI is InChI=1S/C17H26N2/c1-13-5-7-14(8-6-13)17(18)9-10-19-11-15-3-2-4-16(15)12-19/h5-8,15-17H,2-4,9-12,18H2,1H3. The number of nitrogens with two attached hydrogens (primary N) is 1. The Kier molecular flexibility index (Phi) is 3.90. The summed E-state index contributed by atoms with van der Waals surface area (Å²) in [6.07, 6.45) is 5.48. The van der Waals surface area contributed by atoms with Gasteiger partial charge in [0, 0.05) is 19.1 Å². The van der Waals surface area contributed by atoms with Gasteiger partial charge in [-0.2, -0.15) is 0 Å². The van der Waals surface area contributed by atoms with Gasteiger partial charge in [-0.05, 0) is 50.1 Å². The average molecular weight is 258 g/mol. The van der Waals surface area contributed by atoms with E-state index in [-0.39, 0.29) is 6.04 Å². The lowest BCUT2D eigenvalue weighted by molar-refractivity contribution is 0.298. The molecule has 0 spiro atoms. The third-order valence-electron chi connectivity index (χ3n) is 5.06. The molecular weight excluding hydrogens is 232 g/mol. The second kappa shape index (κ2) is 5.64. The number of likely N-dealkylation sites (tertiary alicyclic amines) is 1. The van der Waals surface area contributed by atoms with Crippen molar-refractivity contribution in [2.24, 2.45) is 17.6 Å². The molecule has 0 aromatic heterocycles. The summed E-state index contributed by atoms with van der Waals surface area (Å²) in [6, 6.07) is 8.88. The molecule has 1 aromatic rings. The minimum atomic E-state index is 0.195. The highest BCUT2D eigenvalue weighted by Crippen LogP contribution is 2.37. The third-order valence-corrected chi connectivity index (χ3v) is 5.06. The molecule has 1 aliphatic carbocycles. The van der Waals surface area contributed by atoms with Crippen molar-refractivity contribution in [2.45, 2.75) is 38.6 Å². The molecule has 2 aliphatic rings. The maximum atomic E-state index is 6.31. The van der Waals surface area contributed by atoms with E-state index in [2.05, 4.69) is 36.1 Å². The van der Waals surface area contributed by atoms with Crippen LogP contribution in [0.2, 0.25) is 0 Å². The molecule has 104 valence electrons. The summed E-state index contributed by atoms with van der Waals surface area (Å²) < 4.78 is 0. The Bertz CT molecular complexity index is 400. The Labute approximate surface area is 117 Å². The molecule has 1 aromatic carbocycles. The zero-order chi connectivity index (χ0) is 13.2. The van der Waals surface area contributed by atoms with Crippen LogP contribution in [0.5, 0.6) is 0 Å². The first-order valence-electron chi connectivity index (χ1n) is 7.77. The summed E-state index contributed by atoms with van der Waals surface area (Å²) in [5, 5.41) is 0. The van der Waals surface area contributed by atoms with Crippen LogP contribution >= 0.6 is 0 Å². The fraction of sp³-hybridized carbons (Fsp3) is 0.647. The molecule has 3 atom stereocenters. The van der Waals surface area contributed by atoms with Crippen molar-refractivity contribution in [1.82, 2.24) is 4.90 Å². The molecule has 19 heavy (non-hydrogen) atoms. The number of hydrogen-bond acceptors (Lipinski definition) is 2. The number of aryl methyl sites for hydroxylation is 1. The summed E-state index contributed by atoms with van der Waals surface area (Å²) in [5.74, 6) is 1.99. The normalized spacial score (nSPS) is 28.5. The molecule has 1 aliphatic heterocycles. The van der Waals surface area contributed by atoms with E-state index in [0.29, 0.717) is 0 Å². The monoisotopic (exact) mass is 258 g/mol. The lowest BCUT2D eigenvalue weighted by Crippen LogP contribution is -2.26. The highest BCUT2D eigenvalue weighted by Gasteiger charge is 2.35. The zero-order valence-electron chi connectivity index (χ0n) is 12.0. The van der Waals surface area contributed by atoms with Gasteiger partial charge in [-0.15, -0.1) is 0 Å². The molecule has 1 heterocycles. The third kappa shape index (κ3) is 3.01. The molecule has 2 N–H and O–H groups in total. The van der Waals surface area contributed by atoms with E-state index < -0.39 is 0 Å². The fourth-order valence-electron chi connectivity index (χ4n) is 3.82. The van der Waals surface area contributed by atoms with Crippen molar-refractivity contribution in [3.05, 3.63) is 35.4 Å². The van der Waals surface area contributed by atoms with Gasteiger partial charge in [-0.25, -0.2) is 0 Å². The van der Waals surface area contributed by atoms with Gasteiger partial charge in [0.1, 0.15) is 0 Å². The molecular formula is C17H26N2. The molecule has 2 nitrogen and oxygen atoms in total. The van der Waals surface area contributed by atoms with E-state index in [1.165, 1.54) is 50.0 Å². The Hall–Kier alpha value is -0.860. The van der Waals surface area contributed by atoms with Crippen LogP contribution in [-0.2, 0) is 0 Å². The number of nitrogens with zero attached hydrogens (tertiary/aromatic N) is 1. The van der Waals surface area contributed by atoms with Crippen molar-refractivity contribution >= 4 is 0 Å². The van der Waals surface area contributed by atoms with Gasteiger partial charge in [0.05, 0.1) is 0 Å². The van der Waals surface area contributed by atoms with Crippen molar-refractivity contribution in [3.8, 4) is 0 Å². The summed E-state index contributed by atoms with van der Waals surface area (Å²) in [4.78, 5) is 2.64. The van der Waals surface area contributed by atoms with E-state index in [0.717, 1.165) is 18.3 Å². The van der Waals surface area contributed by atoms with Crippen LogP contribution in [0.4, 0.5) is 0 Å². The molecule has 1 saturated heterocycles. The van der Waals surface area contributed by atoms with Crippen LogP contribution < -0.4 is 5.73 Å². The highest BCUT2D eigenvalue weighted by atomic mass is 15.2. The van der Waals surface area contributed by atoms with Crippen LogP contribution in [0.15, 0.2) is 24.3 Å². The van der Waals surface area contributed by atoms with E-state index in [9.17, 15) is 0 Å². The van der Waals surface area contributed by atoms with E-state index in [4.69, 9.17) is 5.73 Å². The first-order chi connectivity index (χ1) is 9.22. The smallest absolute Gasteiger partial charge is 0.0307 e. The minimum Gasteiger partial charge on any atom is -0.324 e.